The van der Waals surface area contributed by atoms with Crippen LogP contribution in [0.2, 0.25) is 0 Å². The number of benzene rings is 2. The van der Waals surface area contributed by atoms with Gasteiger partial charge in [0.05, 0.1) is 11.3 Å². The minimum Gasteiger partial charge on any atom is -0.355 e. The number of hydrogen-bond donors (Lipinski definition) is 2. The molecule has 0 aliphatic heterocycles. The third-order valence-corrected chi connectivity index (χ3v) is 3.42. The molecule has 0 unspecified atom stereocenters. The number of aryl methyl sites for hydroxylation is 2. The lowest BCUT2D eigenvalue weighted by atomic mass is 10.1. The van der Waals surface area contributed by atoms with E-state index in [9.17, 15) is 9.59 Å². The van der Waals surface area contributed by atoms with Gasteiger partial charge in [-0.2, -0.15) is 0 Å². The molecule has 0 fully saturated rings. The van der Waals surface area contributed by atoms with Crippen LogP contribution in [0.5, 0.6) is 0 Å². The van der Waals surface area contributed by atoms with Crippen LogP contribution in [0.4, 0.5) is 5.69 Å². The monoisotopic (exact) mass is 282 g/mol. The summed E-state index contributed by atoms with van der Waals surface area (Å²) in [5, 5.41) is 5.35. The van der Waals surface area contributed by atoms with Crippen LogP contribution < -0.4 is 10.6 Å². The van der Waals surface area contributed by atoms with Gasteiger partial charge in [-0.1, -0.05) is 18.2 Å². The summed E-state index contributed by atoms with van der Waals surface area (Å²) in [4.78, 5) is 24.1. The normalized spacial score (nSPS) is 10.0. The number of nitrogens with one attached hydrogen (secondary N) is 2. The number of anilines is 1. The first kappa shape index (κ1) is 14.8. The maximum Gasteiger partial charge on any atom is 0.255 e. The summed E-state index contributed by atoms with van der Waals surface area (Å²) in [7, 11) is 1.56. The molecule has 0 spiro atoms. The van der Waals surface area contributed by atoms with Gasteiger partial charge in [-0.25, -0.2) is 0 Å². The van der Waals surface area contributed by atoms with E-state index in [1.165, 1.54) is 0 Å². The topological polar surface area (TPSA) is 58.2 Å². The molecular formula is C17H18N2O2. The van der Waals surface area contributed by atoms with Crippen LogP contribution in [-0.2, 0) is 0 Å². The predicted molar refractivity (Wildman–Crippen MR) is 83.7 cm³/mol. The highest BCUT2D eigenvalue weighted by molar-refractivity contribution is 6.09. The SMILES string of the molecule is CNC(=O)c1ccccc1NC(=O)c1ccc(C)c(C)c1. The Labute approximate surface area is 124 Å². The molecule has 0 aliphatic rings. The fraction of sp³-hybridized carbons (Fsp3) is 0.176. The lowest BCUT2D eigenvalue weighted by molar-refractivity contribution is 0.0964. The Bertz CT molecular complexity index is 693. The second-order valence-corrected chi connectivity index (χ2v) is 4.88. The Morgan fingerprint density at radius 3 is 2.29 bits per heavy atom. The summed E-state index contributed by atoms with van der Waals surface area (Å²) >= 11 is 0. The van der Waals surface area contributed by atoms with E-state index in [-0.39, 0.29) is 11.8 Å². The van der Waals surface area contributed by atoms with E-state index in [1.807, 2.05) is 26.0 Å². The molecule has 0 bridgehead atoms. The zero-order valence-electron chi connectivity index (χ0n) is 12.4. The fourth-order valence-corrected chi connectivity index (χ4v) is 2.00. The zero-order valence-corrected chi connectivity index (χ0v) is 12.4. The van der Waals surface area contributed by atoms with E-state index in [1.54, 1.807) is 37.4 Å². The van der Waals surface area contributed by atoms with E-state index in [0.717, 1.165) is 11.1 Å². The molecule has 2 N–H and O–H groups in total. The highest BCUT2D eigenvalue weighted by Gasteiger charge is 2.13. The second-order valence-electron chi connectivity index (χ2n) is 4.88. The van der Waals surface area contributed by atoms with Gasteiger partial charge >= 0.3 is 0 Å². The Balaban J connectivity index is 2.27. The molecule has 4 heteroatoms. The highest BCUT2D eigenvalue weighted by atomic mass is 16.2. The average Bonchev–Trinajstić information content (AvgIpc) is 2.49. The van der Waals surface area contributed by atoms with Crippen LogP contribution in [0, 0.1) is 13.8 Å². The van der Waals surface area contributed by atoms with Crippen LogP contribution in [0.15, 0.2) is 42.5 Å². The number of amides is 2. The lowest BCUT2D eigenvalue weighted by Crippen LogP contribution is -2.21. The predicted octanol–water partition coefficient (Wildman–Crippen LogP) is 2.92. The number of carbonyl (C=O) groups is 2. The Morgan fingerprint density at radius 1 is 0.905 bits per heavy atom. The third-order valence-electron chi connectivity index (χ3n) is 3.42. The summed E-state index contributed by atoms with van der Waals surface area (Å²) in [6.07, 6.45) is 0. The molecule has 0 aromatic heterocycles. The minimum absolute atomic E-state index is 0.227. The highest BCUT2D eigenvalue weighted by Crippen LogP contribution is 2.17. The molecule has 21 heavy (non-hydrogen) atoms. The van der Waals surface area contributed by atoms with Crippen LogP contribution in [-0.4, -0.2) is 18.9 Å². The summed E-state index contributed by atoms with van der Waals surface area (Å²) in [6, 6.07) is 12.5. The van der Waals surface area contributed by atoms with Crippen LogP contribution >= 0.6 is 0 Å². The molecule has 108 valence electrons. The van der Waals surface area contributed by atoms with Gasteiger partial charge in [0.25, 0.3) is 11.8 Å². The van der Waals surface area contributed by atoms with Gasteiger partial charge < -0.3 is 10.6 Å². The molecule has 2 rings (SSSR count). The van der Waals surface area contributed by atoms with Gasteiger partial charge in [0.1, 0.15) is 0 Å². The number of carbonyl (C=O) groups excluding carboxylic acids is 2. The van der Waals surface area contributed by atoms with Crippen LogP contribution in [0.25, 0.3) is 0 Å². The van der Waals surface area contributed by atoms with Gasteiger partial charge in [0.2, 0.25) is 0 Å². The Morgan fingerprint density at radius 2 is 1.62 bits per heavy atom. The number of para-hydroxylation sites is 1. The summed E-state index contributed by atoms with van der Waals surface area (Å²) in [5.41, 5.74) is 3.71. The Hall–Kier alpha value is -2.62. The van der Waals surface area contributed by atoms with Crippen molar-refractivity contribution in [1.82, 2.24) is 5.32 Å². The Kier molecular flexibility index (Phi) is 4.38. The smallest absolute Gasteiger partial charge is 0.255 e. The molecule has 0 heterocycles. The van der Waals surface area contributed by atoms with Crippen molar-refractivity contribution in [2.45, 2.75) is 13.8 Å². The van der Waals surface area contributed by atoms with E-state index in [4.69, 9.17) is 0 Å². The maximum atomic E-state index is 12.3. The summed E-state index contributed by atoms with van der Waals surface area (Å²) in [5.74, 6) is -0.458. The zero-order chi connectivity index (χ0) is 15.4. The first-order chi connectivity index (χ1) is 10.0. The summed E-state index contributed by atoms with van der Waals surface area (Å²) < 4.78 is 0. The van der Waals surface area contributed by atoms with Crippen molar-refractivity contribution in [3.8, 4) is 0 Å². The first-order valence-corrected chi connectivity index (χ1v) is 6.72. The fourth-order valence-electron chi connectivity index (χ4n) is 2.00. The quantitative estimate of drug-likeness (QED) is 0.909. The van der Waals surface area contributed by atoms with E-state index in [2.05, 4.69) is 10.6 Å². The first-order valence-electron chi connectivity index (χ1n) is 6.72. The molecule has 0 radical (unpaired) electrons. The number of hydrogen-bond acceptors (Lipinski definition) is 2. The molecule has 0 saturated carbocycles. The van der Waals surface area contributed by atoms with Crippen LogP contribution in [0.3, 0.4) is 0 Å². The van der Waals surface area contributed by atoms with Crippen molar-refractivity contribution in [3.05, 3.63) is 64.7 Å². The molecule has 0 atom stereocenters. The molecule has 2 aromatic carbocycles. The molecule has 0 aliphatic carbocycles. The molecule has 0 saturated heterocycles. The van der Waals surface area contributed by atoms with Crippen molar-refractivity contribution in [1.29, 1.82) is 0 Å². The van der Waals surface area contributed by atoms with Gasteiger partial charge in [-0.15, -0.1) is 0 Å². The van der Waals surface area contributed by atoms with Gasteiger partial charge in [-0.05, 0) is 49.2 Å². The molecular weight excluding hydrogens is 264 g/mol. The van der Waals surface area contributed by atoms with Crippen molar-refractivity contribution < 1.29 is 9.59 Å². The molecule has 4 nitrogen and oxygen atoms in total. The largest absolute Gasteiger partial charge is 0.355 e. The lowest BCUT2D eigenvalue weighted by Gasteiger charge is -2.11. The minimum atomic E-state index is -0.231. The van der Waals surface area contributed by atoms with E-state index in [0.29, 0.717) is 16.8 Å². The maximum absolute atomic E-state index is 12.3. The summed E-state index contributed by atoms with van der Waals surface area (Å²) in [6.45, 7) is 3.96. The molecule has 2 amide bonds. The van der Waals surface area contributed by atoms with E-state index < -0.39 is 0 Å². The number of rotatable bonds is 3. The average molecular weight is 282 g/mol. The van der Waals surface area contributed by atoms with E-state index >= 15 is 0 Å². The van der Waals surface area contributed by atoms with Crippen LogP contribution in [0.1, 0.15) is 31.8 Å². The van der Waals surface area contributed by atoms with Gasteiger partial charge in [0, 0.05) is 12.6 Å². The van der Waals surface area contributed by atoms with Crippen molar-refractivity contribution in [2.75, 3.05) is 12.4 Å². The standard InChI is InChI=1S/C17H18N2O2/c1-11-8-9-13(10-12(11)2)16(20)19-15-7-5-4-6-14(15)17(21)18-3/h4-10H,1-3H3,(H,18,21)(H,19,20). The van der Waals surface area contributed by atoms with Crippen molar-refractivity contribution >= 4 is 17.5 Å². The van der Waals surface area contributed by atoms with Crippen molar-refractivity contribution in [3.63, 3.8) is 0 Å². The van der Waals surface area contributed by atoms with Gasteiger partial charge in [0.15, 0.2) is 0 Å². The molecule has 2 aromatic rings. The third kappa shape index (κ3) is 3.28. The van der Waals surface area contributed by atoms with Crippen molar-refractivity contribution in [2.24, 2.45) is 0 Å². The second kappa shape index (κ2) is 6.22. The van der Waals surface area contributed by atoms with Gasteiger partial charge in [-0.3, -0.25) is 9.59 Å².